The van der Waals surface area contributed by atoms with Crippen molar-refractivity contribution in [3.05, 3.63) is 64.9 Å². The van der Waals surface area contributed by atoms with Crippen LogP contribution in [0.5, 0.6) is 0 Å². The third-order valence-corrected chi connectivity index (χ3v) is 2.60. The summed E-state index contributed by atoms with van der Waals surface area (Å²) in [5, 5.41) is 6.92. The Morgan fingerprint density at radius 1 is 1.10 bits per heavy atom. The number of urea groups is 1. The van der Waals surface area contributed by atoms with Crippen molar-refractivity contribution >= 4 is 29.5 Å². The largest absolute Gasteiger partial charge is 0.339 e. The van der Waals surface area contributed by atoms with Crippen molar-refractivity contribution in [1.82, 2.24) is 5.43 Å². The maximum Gasteiger partial charge on any atom is 0.339 e. The van der Waals surface area contributed by atoms with Crippen LogP contribution >= 0.6 is 11.6 Å². The first-order chi connectivity index (χ1) is 9.63. The summed E-state index contributed by atoms with van der Waals surface area (Å²) in [6.45, 7) is 0. The van der Waals surface area contributed by atoms with Crippen LogP contribution in [0.2, 0.25) is 5.02 Å². The zero-order valence-electron chi connectivity index (χ0n) is 10.3. The molecule has 0 bridgehead atoms. The zero-order chi connectivity index (χ0) is 14.4. The van der Waals surface area contributed by atoms with E-state index < -0.39 is 6.03 Å². The van der Waals surface area contributed by atoms with E-state index in [0.717, 1.165) is 0 Å². The molecule has 0 aliphatic heterocycles. The summed E-state index contributed by atoms with van der Waals surface area (Å²) >= 11 is 5.73. The van der Waals surface area contributed by atoms with E-state index in [1.807, 2.05) is 0 Å². The minimum atomic E-state index is -0.481. The summed E-state index contributed by atoms with van der Waals surface area (Å²) in [5.74, 6) is -0.324. The number of hydrazone groups is 1. The molecular formula is C14H11ClFN3O. The van der Waals surface area contributed by atoms with E-state index in [2.05, 4.69) is 15.8 Å². The number of carbonyl (C=O) groups is 1. The van der Waals surface area contributed by atoms with Gasteiger partial charge in [0.2, 0.25) is 0 Å². The monoisotopic (exact) mass is 291 g/mol. The summed E-state index contributed by atoms with van der Waals surface area (Å²) in [6.07, 6.45) is 1.42. The Bertz CT molecular complexity index is 611. The normalized spacial score (nSPS) is 10.5. The van der Waals surface area contributed by atoms with Crippen LogP contribution in [0.1, 0.15) is 5.56 Å². The van der Waals surface area contributed by atoms with Crippen molar-refractivity contribution in [2.24, 2.45) is 5.10 Å². The minimum Gasteiger partial charge on any atom is -0.307 e. The number of nitrogens with zero attached hydrogens (tertiary/aromatic N) is 1. The lowest BCUT2D eigenvalue weighted by Crippen LogP contribution is -2.24. The fourth-order valence-corrected chi connectivity index (χ4v) is 1.53. The van der Waals surface area contributed by atoms with Crippen molar-refractivity contribution in [2.75, 3.05) is 5.32 Å². The van der Waals surface area contributed by atoms with E-state index >= 15 is 0 Å². The van der Waals surface area contributed by atoms with Crippen LogP contribution in [-0.4, -0.2) is 12.2 Å². The standard InChI is InChI=1S/C14H11ClFN3O/c15-11-3-7-13(8-4-11)18-14(20)19-17-9-10-1-5-12(16)6-2-10/h1-9H,(H2,18,19,20)/b17-9-. The van der Waals surface area contributed by atoms with Gasteiger partial charge in [-0.05, 0) is 42.0 Å². The molecule has 0 radical (unpaired) electrons. The van der Waals surface area contributed by atoms with E-state index in [1.165, 1.54) is 18.3 Å². The number of amides is 2. The van der Waals surface area contributed by atoms with Gasteiger partial charge in [-0.25, -0.2) is 14.6 Å². The number of benzene rings is 2. The molecule has 2 aromatic rings. The van der Waals surface area contributed by atoms with E-state index in [0.29, 0.717) is 16.3 Å². The van der Waals surface area contributed by atoms with Crippen molar-refractivity contribution < 1.29 is 9.18 Å². The van der Waals surface area contributed by atoms with Gasteiger partial charge in [0.05, 0.1) is 6.21 Å². The molecular weight excluding hydrogens is 281 g/mol. The highest BCUT2D eigenvalue weighted by Gasteiger charge is 1.99. The van der Waals surface area contributed by atoms with Crippen LogP contribution in [0.3, 0.4) is 0 Å². The number of hydrogen-bond donors (Lipinski definition) is 2. The number of rotatable bonds is 3. The van der Waals surface area contributed by atoms with E-state index in [9.17, 15) is 9.18 Å². The molecule has 102 valence electrons. The van der Waals surface area contributed by atoms with Gasteiger partial charge in [0, 0.05) is 10.7 Å². The van der Waals surface area contributed by atoms with Gasteiger partial charge in [0.15, 0.2) is 0 Å². The van der Waals surface area contributed by atoms with Crippen LogP contribution < -0.4 is 10.7 Å². The third-order valence-electron chi connectivity index (χ3n) is 2.35. The molecule has 0 saturated carbocycles. The Kier molecular flexibility index (Phi) is 4.68. The van der Waals surface area contributed by atoms with Gasteiger partial charge in [0.1, 0.15) is 5.82 Å². The molecule has 2 aromatic carbocycles. The Hall–Kier alpha value is -2.40. The minimum absolute atomic E-state index is 0.324. The first-order valence-electron chi connectivity index (χ1n) is 5.75. The molecule has 0 aliphatic carbocycles. The summed E-state index contributed by atoms with van der Waals surface area (Å²) in [4.78, 5) is 11.5. The van der Waals surface area contributed by atoms with E-state index in [-0.39, 0.29) is 5.82 Å². The maximum atomic E-state index is 12.7. The molecule has 6 heteroatoms. The highest BCUT2D eigenvalue weighted by atomic mass is 35.5. The molecule has 4 nitrogen and oxygen atoms in total. The first kappa shape index (κ1) is 14.0. The molecule has 0 heterocycles. The Labute approximate surface area is 120 Å². The Morgan fingerprint density at radius 3 is 2.40 bits per heavy atom. The molecule has 2 amide bonds. The lowest BCUT2D eigenvalue weighted by molar-refractivity contribution is 0.252. The molecule has 0 aromatic heterocycles. The number of carbonyl (C=O) groups excluding carboxylic acids is 1. The van der Waals surface area contributed by atoms with Gasteiger partial charge in [-0.1, -0.05) is 23.7 Å². The van der Waals surface area contributed by atoms with Gasteiger partial charge < -0.3 is 5.32 Å². The second kappa shape index (κ2) is 6.68. The van der Waals surface area contributed by atoms with Gasteiger partial charge in [0.25, 0.3) is 0 Å². The van der Waals surface area contributed by atoms with E-state index in [4.69, 9.17) is 11.6 Å². The zero-order valence-corrected chi connectivity index (χ0v) is 11.1. The van der Waals surface area contributed by atoms with Gasteiger partial charge in [-0.15, -0.1) is 0 Å². The average Bonchev–Trinajstić information content (AvgIpc) is 2.44. The summed E-state index contributed by atoms with van der Waals surface area (Å²) in [7, 11) is 0. The quantitative estimate of drug-likeness (QED) is 0.658. The number of halogens is 2. The second-order valence-electron chi connectivity index (χ2n) is 3.88. The smallest absolute Gasteiger partial charge is 0.307 e. The molecule has 2 N–H and O–H groups in total. The molecule has 0 saturated heterocycles. The van der Waals surface area contributed by atoms with Crippen LogP contribution in [0.15, 0.2) is 53.6 Å². The summed E-state index contributed by atoms with van der Waals surface area (Å²) in [6, 6.07) is 11.9. The van der Waals surface area contributed by atoms with Crippen molar-refractivity contribution in [2.45, 2.75) is 0 Å². The molecule has 0 unspecified atom stereocenters. The van der Waals surface area contributed by atoms with Crippen molar-refractivity contribution in [3.63, 3.8) is 0 Å². The predicted octanol–water partition coefficient (Wildman–Crippen LogP) is 3.63. The fourth-order valence-electron chi connectivity index (χ4n) is 1.41. The lowest BCUT2D eigenvalue weighted by atomic mass is 10.2. The predicted molar refractivity (Wildman–Crippen MR) is 77.6 cm³/mol. The van der Waals surface area contributed by atoms with Gasteiger partial charge in [-0.3, -0.25) is 0 Å². The second-order valence-corrected chi connectivity index (χ2v) is 4.32. The molecule has 20 heavy (non-hydrogen) atoms. The third kappa shape index (κ3) is 4.37. The molecule has 0 fully saturated rings. The topological polar surface area (TPSA) is 53.5 Å². The van der Waals surface area contributed by atoms with Crippen LogP contribution in [0, 0.1) is 5.82 Å². The Balaban J connectivity index is 1.85. The van der Waals surface area contributed by atoms with Crippen molar-refractivity contribution in [3.8, 4) is 0 Å². The molecule has 0 atom stereocenters. The van der Waals surface area contributed by atoms with Crippen LogP contribution in [0.25, 0.3) is 0 Å². The highest BCUT2D eigenvalue weighted by Crippen LogP contribution is 2.12. The van der Waals surface area contributed by atoms with E-state index in [1.54, 1.807) is 36.4 Å². The first-order valence-corrected chi connectivity index (χ1v) is 6.12. The number of anilines is 1. The van der Waals surface area contributed by atoms with Gasteiger partial charge >= 0.3 is 6.03 Å². The van der Waals surface area contributed by atoms with Gasteiger partial charge in [-0.2, -0.15) is 5.10 Å². The average molecular weight is 292 g/mol. The fraction of sp³-hybridized carbons (Fsp3) is 0. The SMILES string of the molecule is O=C(N/N=C\c1ccc(F)cc1)Nc1ccc(Cl)cc1. The molecule has 0 aliphatic rings. The highest BCUT2D eigenvalue weighted by molar-refractivity contribution is 6.30. The molecule has 0 spiro atoms. The maximum absolute atomic E-state index is 12.7. The summed E-state index contributed by atoms with van der Waals surface area (Å²) in [5.41, 5.74) is 3.58. The lowest BCUT2D eigenvalue weighted by Gasteiger charge is -2.03. The number of hydrogen-bond acceptors (Lipinski definition) is 2. The Morgan fingerprint density at radius 2 is 1.75 bits per heavy atom. The van der Waals surface area contributed by atoms with Crippen LogP contribution in [-0.2, 0) is 0 Å². The van der Waals surface area contributed by atoms with Crippen LogP contribution in [0.4, 0.5) is 14.9 Å². The number of nitrogens with one attached hydrogen (secondary N) is 2. The van der Waals surface area contributed by atoms with Crippen molar-refractivity contribution in [1.29, 1.82) is 0 Å². The molecule has 2 rings (SSSR count). The summed E-state index contributed by atoms with van der Waals surface area (Å²) < 4.78 is 12.7.